The maximum absolute atomic E-state index is 12.5. The lowest BCUT2D eigenvalue weighted by Gasteiger charge is -2.41. The van der Waals surface area contributed by atoms with E-state index in [1.807, 2.05) is 0 Å². The quantitative estimate of drug-likeness (QED) is 0.276. The molecule has 0 aliphatic rings. The van der Waals surface area contributed by atoms with E-state index in [0.29, 0.717) is 13.2 Å². The summed E-state index contributed by atoms with van der Waals surface area (Å²) >= 11 is 0. The molecule has 0 aromatic carbocycles. The Balaban J connectivity index is 5.12. The molecule has 0 heterocycles. The van der Waals surface area contributed by atoms with Crippen LogP contribution >= 0.6 is 0 Å². The van der Waals surface area contributed by atoms with Crippen LogP contribution in [0.15, 0.2) is 0 Å². The van der Waals surface area contributed by atoms with Crippen LogP contribution in [0.25, 0.3) is 0 Å². The van der Waals surface area contributed by atoms with Crippen LogP contribution in [-0.4, -0.2) is 50.0 Å². The summed E-state index contributed by atoms with van der Waals surface area (Å²) in [6.45, 7) is 30.1. The van der Waals surface area contributed by atoms with Crippen molar-refractivity contribution in [3.63, 3.8) is 0 Å². The van der Waals surface area contributed by atoms with Gasteiger partial charge in [0.2, 0.25) is 0 Å². The first kappa shape index (κ1) is 28.0. The molecule has 168 valence electrons. The van der Waals surface area contributed by atoms with Crippen molar-refractivity contribution in [3.8, 4) is 0 Å². The molecule has 0 fully saturated rings. The number of rotatable bonds is 10. The van der Waals surface area contributed by atoms with Gasteiger partial charge in [0.25, 0.3) is 0 Å². The summed E-state index contributed by atoms with van der Waals surface area (Å²) in [5.74, 6) is -0.166. The predicted molar refractivity (Wildman–Crippen MR) is 129 cm³/mol. The van der Waals surface area contributed by atoms with Gasteiger partial charge in [-0.25, -0.2) is 0 Å². The van der Waals surface area contributed by atoms with Crippen LogP contribution in [0.4, 0.5) is 0 Å². The molecule has 4 nitrogen and oxygen atoms in total. The van der Waals surface area contributed by atoms with Crippen molar-refractivity contribution >= 4 is 30.7 Å². The molecular formula is C21H48O4Si3. The molecule has 0 N–H and O–H groups in total. The SMILES string of the molecule is CC(C)(C)[Si](C)(C)OC[C@H](CC(=O)OCC[Si](C)(C)C)O[Si](C)(C)C(C)(C)C. The lowest BCUT2D eigenvalue weighted by Crippen LogP contribution is -2.48. The highest BCUT2D eigenvalue weighted by atomic mass is 28.4. The van der Waals surface area contributed by atoms with E-state index in [-0.39, 0.29) is 28.6 Å². The van der Waals surface area contributed by atoms with E-state index >= 15 is 0 Å². The molecule has 0 aromatic rings. The summed E-state index contributed by atoms with van der Waals surface area (Å²) in [6.07, 6.45) is 0.0294. The second-order valence-corrected chi connectivity index (χ2v) is 27.5. The number of carbonyl (C=O) groups excluding carboxylic acids is 1. The molecule has 0 radical (unpaired) electrons. The molecule has 0 aromatic heterocycles. The molecule has 28 heavy (non-hydrogen) atoms. The Bertz CT molecular complexity index is 497. The molecule has 0 saturated heterocycles. The van der Waals surface area contributed by atoms with E-state index in [4.69, 9.17) is 13.6 Å². The fraction of sp³-hybridized carbons (Fsp3) is 0.952. The van der Waals surface area contributed by atoms with Gasteiger partial charge in [0.05, 0.1) is 25.7 Å². The van der Waals surface area contributed by atoms with Gasteiger partial charge >= 0.3 is 5.97 Å². The first-order valence-electron chi connectivity index (χ1n) is 10.7. The maximum Gasteiger partial charge on any atom is 0.308 e. The van der Waals surface area contributed by atoms with Crippen molar-refractivity contribution in [2.45, 2.75) is 116 Å². The highest BCUT2D eigenvalue weighted by molar-refractivity contribution is 6.76. The number of hydrogen-bond donors (Lipinski definition) is 0. The third-order valence-corrected chi connectivity index (χ3v) is 17.0. The van der Waals surface area contributed by atoms with Gasteiger partial charge < -0.3 is 13.6 Å². The molecule has 0 bridgehead atoms. The van der Waals surface area contributed by atoms with E-state index in [9.17, 15) is 4.79 Å². The van der Waals surface area contributed by atoms with E-state index < -0.39 is 24.7 Å². The molecule has 0 amide bonds. The zero-order chi connectivity index (χ0) is 22.6. The number of carbonyl (C=O) groups is 1. The van der Waals surface area contributed by atoms with Gasteiger partial charge in [-0.2, -0.15) is 0 Å². The minimum Gasteiger partial charge on any atom is -0.466 e. The molecule has 0 spiro atoms. The fourth-order valence-corrected chi connectivity index (χ4v) is 5.05. The Kier molecular flexibility index (Phi) is 9.91. The van der Waals surface area contributed by atoms with Gasteiger partial charge in [-0.3, -0.25) is 4.79 Å². The van der Waals surface area contributed by atoms with Crippen LogP contribution in [0.3, 0.4) is 0 Å². The zero-order valence-corrected chi connectivity index (χ0v) is 24.0. The van der Waals surface area contributed by atoms with Gasteiger partial charge in [-0.15, -0.1) is 0 Å². The predicted octanol–water partition coefficient (Wildman–Crippen LogP) is 6.67. The van der Waals surface area contributed by atoms with Crippen LogP contribution in [-0.2, 0) is 18.4 Å². The Morgan fingerprint density at radius 3 is 1.68 bits per heavy atom. The van der Waals surface area contributed by atoms with Crippen LogP contribution in [0.5, 0.6) is 0 Å². The van der Waals surface area contributed by atoms with Crippen molar-refractivity contribution in [1.82, 2.24) is 0 Å². The minimum absolute atomic E-state index is 0.0873. The number of hydrogen-bond acceptors (Lipinski definition) is 4. The Labute approximate surface area is 178 Å². The van der Waals surface area contributed by atoms with E-state index in [2.05, 4.69) is 87.4 Å². The molecule has 1 atom stereocenters. The van der Waals surface area contributed by atoms with Crippen molar-refractivity contribution in [2.24, 2.45) is 0 Å². The average Bonchev–Trinajstić information content (AvgIpc) is 2.40. The van der Waals surface area contributed by atoms with Crippen molar-refractivity contribution in [2.75, 3.05) is 13.2 Å². The summed E-state index contributed by atoms with van der Waals surface area (Å²) in [5, 5.41) is 0.219. The normalized spacial score (nSPS) is 15.5. The second kappa shape index (κ2) is 9.90. The number of esters is 1. The summed E-state index contributed by atoms with van der Waals surface area (Å²) in [4.78, 5) is 12.5. The summed E-state index contributed by atoms with van der Waals surface area (Å²) in [6, 6.07) is 0.993. The van der Waals surface area contributed by atoms with Gasteiger partial charge in [0.1, 0.15) is 0 Å². The molecule has 0 aliphatic carbocycles. The summed E-state index contributed by atoms with van der Waals surface area (Å²) < 4.78 is 18.5. The molecule has 0 rings (SSSR count). The summed E-state index contributed by atoms with van der Waals surface area (Å²) in [7, 11) is -5.11. The first-order valence-corrected chi connectivity index (χ1v) is 20.2. The standard InChI is InChI=1S/C21H48O4Si3/c1-20(2,3)27(10,11)24-17-18(25-28(12,13)21(4,5)6)16-19(22)23-14-15-26(7,8)9/h18H,14-17H2,1-13H3/t18-/m0/s1. The Morgan fingerprint density at radius 1 is 0.821 bits per heavy atom. The third kappa shape index (κ3) is 10.2. The zero-order valence-electron chi connectivity index (χ0n) is 21.0. The topological polar surface area (TPSA) is 44.8 Å². The smallest absolute Gasteiger partial charge is 0.308 e. The van der Waals surface area contributed by atoms with E-state index in [0.717, 1.165) is 6.04 Å². The lowest BCUT2D eigenvalue weighted by molar-refractivity contribution is -0.145. The Hall–Kier alpha value is 0.0406. The van der Waals surface area contributed by atoms with Crippen LogP contribution < -0.4 is 0 Å². The lowest BCUT2D eigenvalue weighted by atomic mass is 10.2. The third-order valence-electron chi connectivity index (χ3n) is 6.21. The molecule has 0 saturated carbocycles. The minimum atomic E-state index is -2.00. The van der Waals surface area contributed by atoms with Crippen molar-refractivity contribution < 1.29 is 18.4 Å². The fourth-order valence-electron chi connectivity index (χ4n) is 1.96. The number of ether oxygens (including phenoxy) is 1. The van der Waals surface area contributed by atoms with Gasteiger partial charge in [0, 0.05) is 8.07 Å². The molecule has 7 heteroatoms. The van der Waals surface area contributed by atoms with Gasteiger partial charge in [0.15, 0.2) is 16.6 Å². The molecule has 0 unspecified atom stereocenters. The first-order chi connectivity index (χ1) is 12.2. The van der Waals surface area contributed by atoms with Crippen LogP contribution in [0, 0.1) is 0 Å². The van der Waals surface area contributed by atoms with Crippen molar-refractivity contribution in [1.29, 1.82) is 0 Å². The van der Waals surface area contributed by atoms with E-state index in [1.165, 1.54) is 0 Å². The van der Waals surface area contributed by atoms with Crippen molar-refractivity contribution in [3.05, 3.63) is 0 Å². The summed E-state index contributed by atoms with van der Waals surface area (Å²) in [5.41, 5.74) is 0. The molecular weight excluding hydrogens is 400 g/mol. The maximum atomic E-state index is 12.5. The highest BCUT2D eigenvalue weighted by Crippen LogP contribution is 2.39. The monoisotopic (exact) mass is 448 g/mol. The Morgan fingerprint density at radius 2 is 1.29 bits per heavy atom. The second-order valence-electron chi connectivity index (χ2n) is 12.3. The van der Waals surface area contributed by atoms with Crippen LogP contribution in [0.1, 0.15) is 48.0 Å². The average molecular weight is 449 g/mol. The van der Waals surface area contributed by atoms with E-state index in [1.54, 1.807) is 0 Å². The van der Waals surface area contributed by atoms with Gasteiger partial charge in [-0.1, -0.05) is 61.2 Å². The highest BCUT2D eigenvalue weighted by Gasteiger charge is 2.42. The molecule has 0 aliphatic heterocycles. The van der Waals surface area contributed by atoms with Gasteiger partial charge in [-0.05, 0) is 42.3 Å². The van der Waals surface area contributed by atoms with Crippen LogP contribution in [0.2, 0.25) is 61.9 Å². The largest absolute Gasteiger partial charge is 0.466 e.